The number of para-hydroxylation sites is 1. The number of amides is 2. The van der Waals surface area contributed by atoms with Crippen LogP contribution in [0.5, 0.6) is 0 Å². The van der Waals surface area contributed by atoms with Crippen LogP contribution in [0.15, 0.2) is 24.3 Å². The van der Waals surface area contributed by atoms with Crippen molar-refractivity contribution in [1.29, 1.82) is 0 Å². The highest BCUT2D eigenvalue weighted by Crippen LogP contribution is 2.41. The fraction of sp³-hybridized carbons (Fsp3) is 0.500. The van der Waals surface area contributed by atoms with Crippen LogP contribution in [0.4, 0.5) is 0 Å². The van der Waals surface area contributed by atoms with Gasteiger partial charge in [0.05, 0.1) is 12.1 Å². The molecule has 3 aliphatic heterocycles. The SMILES string of the molecule is CC(=O)N1C2Cc3c([nH]c4ccccc34)[C@H]1CN(CC1CCCO1)C2=O. The first kappa shape index (κ1) is 15.9. The first-order valence-corrected chi connectivity index (χ1v) is 9.42. The number of piperazine rings is 1. The summed E-state index contributed by atoms with van der Waals surface area (Å²) in [7, 11) is 0. The minimum atomic E-state index is -0.403. The van der Waals surface area contributed by atoms with E-state index in [2.05, 4.69) is 17.1 Å². The van der Waals surface area contributed by atoms with Crippen LogP contribution < -0.4 is 0 Å². The Morgan fingerprint density at radius 1 is 1.31 bits per heavy atom. The highest BCUT2D eigenvalue weighted by Gasteiger charge is 2.48. The van der Waals surface area contributed by atoms with Crippen LogP contribution >= 0.6 is 0 Å². The van der Waals surface area contributed by atoms with E-state index in [0.717, 1.165) is 30.7 Å². The maximum absolute atomic E-state index is 13.2. The maximum atomic E-state index is 13.2. The molecule has 0 radical (unpaired) electrons. The van der Waals surface area contributed by atoms with Gasteiger partial charge in [0.15, 0.2) is 0 Å². The number of carbonyl (C=O) groups is 2. The highest BCUT2D eigenvalue weighted by molar-refractivity contribution is 5.93. The normalized spacial score (nSPS) is 27.9. The fourth-order valence-corrected chi connectivity index (χ4v) is 4.91. The molecule has 6 heteroatoms. The van der Waals surface area contributed by atoms with E-state index in [1.54, 1.807) is 11.8 Å². The summed E-state index contributed by atoms with van der Waals surface area (Å²) in [5.74, 6) is 0.0253. The molecule has 0 saturated carbocycles. The molecule has 1 aromatic heterocycles. The highest BCUT2D eigenvalue weighted by atomic mass is 16.5. The van der Waals surface area contributed by atoms with Gasteiger partial charge in [-0.25, -0.2) is 0 Å². The minimum Gasteiger partial charge on any atom is -0.376 e. The van der Waals surface area contributed by atoms with Crippen molar-refractivity contribution in [3.8, 4) is 0 Å². The van der Waals surface area contributed by atoms with E-state index in [-0.39, 0.29) is 24.0 Å². The van der Waals surface area contributed by atoms with Gasteiger partial charge in [-0.3, -0.25) is 9.59 Å². The lowest BCUT2D eigenvalue weighted by atomic mass is 9.87. The molecule has 0 aliphatic carbocycles. The van der Waals surface area contributed by atoms with Gasteiger partial charge in [0.1, 0.15) is 6.04 Å². The summed E-state index contributed by atoms with van der Waals surface area (Å²) < 4.78 is 5.74. The van der Waals surface area contributed by atoms with Gasteiger partial charge in [-0.1, -0.05) is 18.2 Å². The lowest BCUT2D eigenvalue weighted by Crippen LogP contribution is -2.63. The lowest BCUT2D eigenvalue weighted by Gasteiger charge is -2.49. The quantitative estimate of drug-likeness (QED) is 0.898. The standard InChI is InChI=1S/C20H23N3O3/c1-12(24)23-17-9-15-14-6-2-3-7-16(14)21-19(15)18(23)11-22(20(17)25)10-13-5-4-8-26-13/h2-3,6-7,13,17-18,21H,4-5,8-11H2,1H3/t13?,17?,18-/m1/s1. The summed E-state index contributed by atoms with van der Waals surface area (Å²) in [5, 5.41) is 1.17. The van der Waals surface area contributed by atoms with Gasteiger partial charge in [0, 0.05) is 49.6 Å². The van der Waals surface area contributed by atoms with Crippen LogP contribution in [-0.2, 0) is 20.7 Å². The van der Waals surface area contributed by atoms with Gasteiger partial charge in [-0.05, 0) is 24.5 Å². The number of benzene rings is 1. The van der Waals surface area contributed by atoms with Gasteiger partial charge >= 0.3 is 0 Å². The number of rotatable bonds is 2. The lowest BCUT2D eigenvalue weighted by molar-refractivity contribution is -0.157. The number of aromatic amines is 1. The van der Waals surface area contributed by atoms with Crippen molar-refractivity contribution in [1.82, 2.24) is 14.8 Å². The summed E-state index contributed by atoms with van der Waals surface area (Å²) in [4.78, 5) is 32.7. The molecule has 3 atom stereocenters. The Morgan fingerprint density at radius 2 is 2.15 bits per heavy atom. The van der Waals surface area contributed by atoms with Crippen molar-refractivity contribution in [2.24, 2.45) is 0 Å². The molecule has 2 saturated heterocycles. The molecule has 6 nitrogen and oxygen atoms in total. The number of nitrogens with zero attached hydrogens (tertiary/aromatic N) is 2. The first-order valence-electron chi connectivity index (χ1n) is 9.42. The zero-order valence-corrected chi connectivity index (χ0v) is 14.9. The Hall–Kier alpha value is -2.34. The molecule has 1 N–H and O–H groups in total. The summed E-state index contributed by atoms with van der Waals surface area (Å²) in [5.41, 5.74) is 3.35. The van der Waals surface area contributed by atoms with Crippen LogP contribution in [0.25, 0.3) is 10.9 Å². The average Bonchev–Trinajstić information content (AvgIpc) is 3.26. The maximum Gasteiger partial charge on any atom is 0.245 e. The van der Waals surface area contributed by atoms with E-state index in [4.69, 9.17) is 4.74 Å². The number of ether oxygens (including phenoxy) is 1. The Kier molecular flexibility index (Phi) is 3.57. The van der Waals surface area contributed by atoms with Crippen molar-refractivity contribution >= 4 is 22.7 Å². The third-order valence-electron chi connectivity index (χ3n) is 6.05. The van der Waals surface area contributed by atoms with E-state index in [9.17, 15) is 9.59 Å². The molecule has 2 unspecified atom stereocenters. The predicted molar refractivity (Wildman–Crippen MR) is 96.6 cm³/mol. The monoisotopic (exact) mass is 353 g/mol. The van der Waals surface area contributed by atoms with Gasteiger partial charge in [-0.2, -0.15) is 0 Å². The summed E-state index contributed by atoms with van der Waals surface area (Å²) >= 11 is 0. The Morgan fingerprint density at radius 3 is 2.92 bits per heavy atom. The summed E-state index contributed by atoms with van der Waals surface area (Å²) in [6, 6.07) is 7.68. The largest absolute Gasteiger partial charge is 0.376 e. The molecule has 2 bridgehead atoms. The topological polar surface area (TPSA) is 65.6 Å². The molecule has 26 heavy (non-hydrogen) atoms. The third kappa shape index (κ3) is 2.28. The van der Waals surface area contributed by atoms with E-state index >= 15 is 0 Å². The molecule has 136 valence electrons. The average molecular weight is 353 g/mol. The van der Waals surface area contributed by atoms with Crippen molar-refractivity contribution in [2.45, 2.75) is 44.4 Å². The van der Waals surface area contributed by atoms with Crippen LogP contribution in [0.2, 0.25) is 0 Å². The first-order chi connectivity index (χ1) is 12.6. The summed E-state index contributed by atoms with van der Waals surface area (Å²) in [6.07, 6.45) is 2.78. The van der Waals surface area contributed by atoms with Crippen molar-refractivity contribution in [3.05, 3.63) is 35.5 Å². The second-order valence-electron chi connectivity index (χ2n) is 7.60. The molecule has 1 aromatic carbocycles. The van der Waals surface area contributed by atoms with Gasteiger partial charge in [-0.15, -0.1) is 0 Å². The molecular weight excluding hydrogens is 330 g/mol. The number of aromatic nitrogens is 1. The van der Waals surface area contributed by atoms with Crippen LogP contribution in [-0.4, -0.2) is 58.4 Å². The minimum absolute atomic E-state index is 0.0329. The fourth-order valence-electron chi connectivity index (χ4n) is 4.91. The number of nitrogens with one attached hydrogen (secondary N) is 1. The van der Waals surface area contributed by atoms with E-state index in [0.29, 0.717) is 19.5 Å². The Balaban J connectivity index is 1.56. The Labute approximate surface area is 152 Å². The third-order valence-corrected chi connectivity index (χ3v) is 6.05. The molecule has 5 rings (SSSR count). The number of carbonyl (C=O) groups excluding carboxylic acids is 2. The van der Waals surface area contributed by atoms with E-state index in [1.807, 2.05) is 17.0 Å². The second kappa shape index (κ2) is 5.84. The molecule has 4 heterocycles. The smallest absolute Gasteiger partial charge is 0.245 e. The molecule has 2 aromatic rings. The van der Waals surface area contributed by atoms with Crippen molar-refractivity contribution < 1.29 is 14.3 Å². The van der Waals surface area contributed by atoms with Gasteiger partial charge in [0.25, 0.3) is 0 Å². The number of H-pyrrole nitrogens is 1. The van der Waals surface area contributed by atoms with Gasteiger partial charge in [0.2, 0.25) is 11.8 Å². The van der Waals surface area contributed by atoms with E-state index in [1.165, 1.54) is 10.9 Å². The van der Waals surface area contributed by atoms with Crippen LogP contribution in [0, 0.1) is 0 Å². The molecular formula is C20H23N3O3. The predicted octanol–water partition coefficient (Wildman–Crippen LogP) is 2.00. The van der Waals surface area contributed by atoms with Gasteiger partial charge < -0.3 is 19.5 Å². The van der Waals surface area contributed by atoms with Crippen molar-refractivity contribution in [3.63, 3.8) is 0 Å². The summed E-state index contributed by atoms with van der Waals surface area (Å²) in [6.45, 7) is 3.52. The zero-order chi connectivity index (χ0) is 17.8. The molecule has 2 fully saturated rings. The number of fused-ring (bicyclic) bond motifs is 6. The Bertz CT molecular complexity index is 884. The molecule has 2 amide bonds. The molecule has 0 spiro atoms. The zero-order valence-electron chi connectivity index (χ0n) is 14.9. The van der Waals surface area contributed by atoms with Crippen LogP contribution in [0.1, 0.15) is 37.1 Å². The van der Waals surface area contributed by atoms with E-state index < -0.39 is 6.04 Å². The van der Waals surface area contributed by atoms with Crippen molar-refractivity contribution in [2.75, 3.05) is 19.7 Å². The van der Waals surface area contributed by atoms with Crippen LogP contribution in [0.3, 0.4) is 0 Å². The second-order valence-corrected chi connectivity index (χ2v) is 7.60. The number of hydrogen-bond donors (Lipinski definition) is 1. The molecule has 3 aliphatic rings. The number of hydrogen-bond acceptors (Lipinski definition) is 3.